The Morgan fingerprint density at radius 3 is 2.54 bits per heavy atom. The molecule has 0 spiro atoms. The highest BCUT2D eigenvalue weighted by atomic mass is 79.9. The van der Waals surface area contributed by atoms with E-state index in [0.29, 0.717) is 0 Å². The van der Waals surface area contributed by atoms with Crippen molar-refractivity contribution in [1.29, 1.82) is 0 Å². The van der Waals surface area contributed by atoms with Crippen LogP contribution in [0, 0.1) is 5.82 Å². The molecule has 26 heavy (non-hydrogen) atoms. The first-order valence-corrected chi connectivity index (χ1v) is 8.47. The summed E-state index contributed by atoms with van der Waals surface area (Å²) >= 11 is 8.72. The Balaban J connectivity index is 2.40. The van der Waals surface area contributed by atoms with Crippen LogP contribution in [0.3, 0.4) is 0 Å². The molecule has 0 fully saturated rings. The van der Waals surface area contributed by atoms with E-state index in [9.17, 15) is 22.4 Å². The Bertz CT molecular complexity index is 824. The van der Waals surface area contributed by atoms with Crippen molar-refractivity contribution in [2.75, 3.05) is 0 Å². The third-order valence-corrected chi connectivity index (χ3v) is 4.21. The van der Waals surface area contributed by atoms with Crippen LogP contribution < -0.4 is 9.47 Å². The molecule has 0 radical (unpaired) electrons. The van der Waals surface area contributed by atoms with Crippen molar-refractivity contribution in [3.8, 4) is 11.5 Å². The van der Waals surface area contributed by atoms with E-state index in [0.717, 1.165) is 24.3 Å². The number of ether oxygens (including phenoxy) is 2. The maximum Gasteiger partial charge on any atom is 0.416 e. The number of carbonyl (C=O) groups is 1. The predicted molar refractivity (Wildman–Crippen MR) is 90.8 cm³/mol. The summed E-state index contributed by atoms with van der Waals surface area (Å²) in [6.45, 7) is 0.951. The van der Waals surface area contributed by atoms with Crippen LogP contribution >= 0.6 is 27.5 Å². The monoisotopic (exact) mass is 454 g/mol. The number of hydrogen-bond acceptors (Lipinski definition) is 3. The van der Waals surface area contributed by atoms with Gasteiger partial charge in [-0.2, -0.15) is 13.2 Å². The topological polar surface area (TPSA) is 35.5 Å². The van der Waals surface area contributed by atoms with Crippen LogP contribution in [0.1, 0.15) is 24.5 Å². The summed E-state index contributed by atoms with van der Waals surface area (Å²) in [5, 5.41) is -0.245. The summed E-state index contributed by atoms with van der Waals surface area (Å²) in [4.78, 5) is 11.5. The van der Waals surface area contributed by atoms with Crippen LogP contribution in [0.25, 0.3) is 0 Å². The van der Waals surface area contributed by atoms with Crippen LogP contribution in [0.15, 0.2) is 34.8 Å². The maximum atomic E-state index is 13.4. The minimum atomic E-state index is -4.68. The van der Waals surface area contributed by atoms with E-state index in [-0.39, 0.29) is 33.0 Å². The Hall–Kier alpha value is -1.80. The van der Waals surface area contributed by atoms with Crippen LogP contribution in [-0.4, -0.2) is 5.97 Å². The van der Waals surface area contributed by atoms with Gasteiger partial charge >= 0.3 is 12.1 Å². The van der Waals surface area contributed by atoms with Gasteiger partial charge < -0.3 is 9.47 Å². The van der Waals surface area contributed by atoms with Gasteiger partial charge in [-0.25, -0.2) is 4.39 Å². The second-order valence-corrected chi connectivity index (χ2v) is 6.35. The Labute approximate surface area is 160 Å². The van der Waals surface area contributed by atoms with Crippen LogP contribution in [0.2, 0.25) is 5.02 Å². The Morgan fingerprint density at radius 2 is 1.92 bits per heavy atom. The largest absolute Gasteiger partial charge is 0.488 e. The lowest BCUT2D eigenvalue weighted by Gasteiger charge is -2.17. The van der Waals surface area contributed by atoms with Crippen molar-refractivity contribution < 1.29 is 31.8 Å². The normalized spacial score (nSPS) is 11.3. The fraction of sp³-hybridized carbons (Fsp3) is 0.235. The van der Waals surface area contributed by atoms with Gasteiger partial charge in [-0.05, 0) is 34.1 Å². The average molecular weight is 456 g/mol. The minimum absolute atomic E-state index is 0.00430. The summed E-state index contributed by atoms with van der Waals surface area (Å²) < 4.78 is 63.8. The molecule has 0 saturated heterocycles. The highest BCUT2D eigenvalue weighted by Gasteiger charge is 2.35. The Kier molecular flexibility index (Phi) is 6.52. The van der Waals surface area contributed by atoms with Crippen LogP contribution in [0.4, 0.5) is 17.6 Å². The molecule has 0 atom stereocenters. The number of benzene rings is 2. The van der Waals surface area contributed by atoms with Gasteiger partial charge in [0.25, 0.3) is 0 Å². The summed E-state index contributed by atoms with van der Waals surface area (Å²) in [5.41, 5.74) is -1.35. The van der Waals surface area contributed by atoms with E-state index < -0.39 is 30.1 Å². The lowest BCUT2D eigenvalue weighted by atomic mass is 10.1. The van der Waals surface area contributed by atoms with Gasteiger partial charge in [0.05, 0.1) is 15.1 Å². The zero-order valence-corrected chi connectivity index (χ0v) is 15.6. The van der Waals surface area contributed by atoms with E-state index in [2.05, 4.69) is 15.9 Å². The number of hydrogen-bond donors (Lipinski definition) is 0. The predicted octanol–water partition coefficient (Wildman–Crippen LogP) is 6.15. The SMILES string of the molecule is CCC(=O)Oc1cccc(C(F)(F)F)c1COc1cc(Cl)c(F)cc1Br. The van der Waals surface area contributed by atoms with E-state index in [4.69, 9.17) is 21.1 Å². The molecule has 2 aromatic rings. The van der Waals surface area contributed by atoms with Crippen molar-refractivity contribution in [2.45, 2.75) is 26.1 Å². The molecule has 0 heterocycles. The van der Waals surface area contributed by atoms with Crippen molar-refractivity contribution in [1.82, 2.24) is 0 Å². The molecule has 9 heteroatoms. The van der Waals surface area contributed by atoms with Gasteiger partial charge in [-0.3, -0.25) is 4.79 Å². The average Bonchev–Trinajstić information content (AvgIpc) is 2.56. The zero-order chi connectivity index (χ0) is 19.5. The van der Waals surface area contributed by atoms with Gasteiger partial charge in [0.15, 0.2) is 0 Å². The van der Waals surface area contributed by atoms with E-state index in [1.807, 2.05) is 0 Å². The second kappa shape index (κ2) is 8.26. The number of esters is 1. The van der Waals surface area contributed by atoms with Crippen molar-refractivity contribution in [3.63, 3.8) is 0 Å². The molecule has 0 aliphatic rings. The number of halogens is 6. The number of rotatable bonds is 5. The van der Waals surface area contributed by atoms with Crippen molar-refractivity contribution in [3.05, 3.63) is 56.8 Å². The molecule has 0 aromatic heterocycles. The first-order valence-electron chi connectivity index (χ1n) is 7.30. The van der Waals surface area contributed by atoms with Crippen LogP contribution in [-0.2, 0) is 17.6 Å². The van der Waals surface area contributed by atoms with E-state index in [1.54, 1.807) is 0 Å². The van der Waals surface area contributed by atoms with E-state index >= 15 is 0 Å². The van der Waals surface area contributed by atoms with Gasteiger partial charge in [-0.1, -0.05) is 24.6 Å². The van der Waals surface area contributed by atoms with Crippen molar-refractivity contribution >= 4 is 33.5 Å². The third-order valence-electron chi connectivity index (χ3n) is 3.30. The van der Waals surface area contributed by atoms with Gasteiger partial charge in [0.2, 0.25) is 0 Å². The molecule has 0 aliphatic heterocycles. The number of alkyl halides is 3. The standard InChI is InChI=1S/C17H12BrClF4O3/c1-2-16(24)26-14-5-3-4-10(17(21,22)23)9(14)8-25-15-7-12(19)13(20)6-11(15)18/h3-7H,2,8H2,1H3. The van der Waals surface area contributed by atoms with E-state index in [1.165, 1.54) is 13.0 Å². The Morgan fingerprint density at radius 1 is 1.23 bits per heavy atom. The molecule has 0 saturated carbocycles. The highest BCUT2D eigenvalue weighted by Crippen LogP contribution is 2.38. The highest BCUT2D eigenvalue weighted by molar-refractivity contribution is 9.10. The summed E-state index contributed by atoms with van der Waals surface area (Å²) in [5.74, 6) is -1.60. The van der Waals surface area contributed by atoms with Gasteiger partial charge in [0, 0.05) is 18.1 Å². The second-order valence-electron chi connectivity index (χ2n) is 5.09. The summed E-state index contributed by atoms with van der Waals surface area (Å²) in [6, 6.07) is 5.40. The van der Waals surface area contributed by atoms with Gasteiger partial charge in [-0.15, -0.1) is 0 Å². The minimum Gasteiger partial charge on any atom is -0.488 e. The lowest BCUT2D eigenvalue weighted by molar-refractivity contribution is -0.140. The molecule has 0 unspecified atom stereocenters. The fourth-order valence-corrected chi connectivity index (χ4v) is 2.62. The smallest absolute Gasteiger partial charge is 0.416 e. The summed E-state index contributed by atoms with van der Waals surface area (Å²) in [7, 11) is 0. The third kappa shape index (κ3) is 4.88. The first kappa shape index (κ1) is 20.5. The summed E-state index contributed by atoms with van der Waals surface area (Å²) in [6.07, 6.45) is -4.68. The quantitative estimate of drug-likeness (QED) is 0.235. The van der Waals surface area contributed by atoms with Crippen molar-refractivity contribution in [2.24, 2.45) is 0 Å². The molecule has 0 amide bonds. The van der Waals surface area contributed by atoms with Gasteiger partial charge in [0.1, 0.15) is 23.9 Å². The fourth-order valence-electron chi connectivity index (χ4n) is 2.04. The molecule has 2 rings (SSSR count). The molecule has 140 valence electrons. The molecular formula is C17H12BrClF4O3. The van der Waals surface area contributed by atoms with Crippen LogP contribution in [0.5, 0.6) is 11.5 Å². The maximum absolute atomic E-state index is 13.4. The number of carbonyl (C=O) groups excluding carboxylic acids is 1. The molecule has 0 aliphatic carbocycles. The molecule has 0 N–H and O–H groups in total. The molecule has 0 bridgehead atoms. The molecular weight excluding hydrogens is 444 g/mol. The first-order chi connectivity index (χ1) is 12.1. The lowest BCUT2D eigenvalue weighted by Crippen LogP contribution is -2.15. The molecule has 3 nitrogen and oxygen atoms in total. The molecule has 2 aromatic carbocycles. The zero-order valence-electron chi connectivity index (χ0n) is 13.3.